The molecule has 48 heavy (non-hydrogen) atoms. The zero-order valence-electron chi connectivity index (χ0n) is 26.0. The van der Waals surface area contributed by atoms with Gasteiger partial charge >= 0.3 is 0 Å². The Morgan fingerprint density at radius 2 is 1.48 bits per heavy atom. The van der Waals surface area contributed by atoms with Crippen molar-refractivity contribution in [3.8, 4) is 11.5 Å². The molecule has 0 bridgehead atoms. The molecule has 9 heteroatoms. The fourth-order valence-electron chi connectivity index (χ4n) is 8.81. The van der Waals surface area contributed by atoms with Crippen LogP contribution in [0.25, 0.3) is 0 Å². The monoisotopic (exact) mass is 658 g/mol. The predicted octanol–water partition coefficient (Wildman–Crippen LogP) is 6.42. The normalized spacial score (nSPS) is 27.8. The van der Waals surface area contributed by atoms with Gasteiger partial charge in [0.05, 0.1) is 41.7 Å². The molecule has 240 valence electrons. The standard InChI is InChI=1S/C39H31ClN2O6/c1-48-26-15-18-32(43)30(20-26)34-27-16-17-28-33(37(46)41(35(28)44)24-12-6-3-7-13-24)29(27)21-31-36(45)42(25-14-8-11-23(40)19-25)38(47)39(31,34)22-9-4-2-5-10-22/h2-16,18-20,28-29,31,33-34,43H,17,21H2,1H3. The van der Waals surface area contributed by atoms with Crippen molar-refractivity contribution in [3.63, 3.8) is 0 Å². The molecule has 6 atom stereocenters. The van der Waals surface area contributed by atoms with E-state index in [0.29, 0.717) is 33.3 Å². The van der Waals surface area contributed by atoms with E-state index in [9.17, 15) is 19.5 Å². The van der Waals surface area contributed by atoms with Gasteiger partial charge in [-0.2, -0.15) is 0 Å². The molecule has 2 aliphatic heterocycles. The highest BCUT2D eigenvalue weighted by molar-refractivity contribution is 6.32. The maximum Gasteiger partial charge on any atom is 0.246 e. The van der Waals surface area contributed by atoms with Gasteiger partial charge in [-0.25, -0.2) is 4.90 Å². The summed E-state index contributed by atoms with van der Waals surface area (Å²) in [5.41, 5.74) is 1.12. The number of phenols is 1. The molecule has 2 saturated heterocycles. The maximum atomic E-state index is 15.3. The number of halogens is 1. The third kappa shape index (κ3) is 4.15. The topological polar surface area (TPSA) is 104 Å². The van der Waals surface area contributed by atoms with Crippen LogP contribution >= 0.6 is 11.6 Å². The lowest BCUT2D eigenvalue weighted by atomic mass is 9.49. The Labute approximate surface area is 282 Å². The zero-order chi connectivity index (χ0) is 33.3. The number of imide groups is 2. The number of methoxy groups -OCH3 is 1. The smallest absolute Gasteiger partial charge is 0.246 e. The third-order valence-corrected chi connectivity index (χ3v) is 11.0. The molecule has 3 fully saturated rings. The van der Waals surface area contributed by atoms with Crippen LogP contribution in [-0.4, -0.2) is 35.8 Å². The predicted molar refractivity (Wildman–Crippen MR) is 180 cm³/mol. The average molecular weight is 659 g/mol. The van der Waals surface area contributed by atoms with Crippen LogP contribution in [0.5, 0.6) is 11.5 Å². The summed E-state index contributed by atoms with van der Waals surface area (Å²) >= 11 is 6.38. The van der Waals surface area contributed by atoms with E-state index in [1.807, 2.05) is 42.5 Å². The number of hydrogen-bond acceptors (Lipinski definition) is 6. The second-order valence-electron chi connectivity index (χ2n) is 12.9. The van der Waals surface area contributed by atoms with Gasteiger partial charge in [-0.1, -0.05) is 77.8 Å². The summed E-state index contributed by atoms with van der Waals surface area (Å²) in [4.78, 5) is 60.8. The Morgan fingerprint density at radius 1 is 0.771 bits per heavy atom. The minimum Gasteiger partial charge on any atom is -0.508 e. The van der Waals surface area contributed by atoms with E-state index in [4.69, 9.17) is 16.3 Å². The number of para-hydroxylation sites is 1. The minimum absolute atomic E-state index is 0.0697. The van der Waals surface area contributed by atoms with Gasteiger partial charge in [-0.15, -0.1) is 0 Å². The second-order valence-corrected chi connectivity index (χ2v) is 13.3. The van der Waals surface area contributed by atoms with Crippen molar-refractivity contribution in [2.45, 2.75) is 24.2 Å². The van der Waals surface area contributed by atoms with Crippen molar-refractivity contribution in [2.24, 2.45) is 23.7 Å². The van der Waals surface area contributed by atoms with Crippen molar-refractivity contribution in [3.05, 3.63) is 131 Å². The summed E-state index contributed by atoms with van der Waals surface area (Å²) in [6, 6.07) is 29.6. The van der Waals surface area contributed by atoms with E-state index >= 15 is 4.79 Å². The number of allylic oxidation sites excluding steroid dienone is 2. The number of carbonyl (C=O) groups excluding carboxylic acids is 4. The number of ether oxygens (including phenoxy) is 1. The van der Waals surface area contributed by atoms with Gasteiger partial charge in [-0.3, -0.25) is 24.1 Å². The van der Waals surface area contributed by atoms with Gasteiger partial charge in [0.25, 0.3) is 0 Å². The first-order chi connectivity index (χ1) is 23.3. The molecule has 8 rings (SSSR count). The lowest BCUT2D eigenvalue weighted by molar-refractivity contribution is -0.127. The van der Waals surface area contributed by atoms with Gasteiger partial charge < -0.3 is 9.84 Å². The molecule has 0 radical (unpaired) electrons. The molecular formula is C39H31ClN2O6. The zero-order valence-corrected chi connectivity index (χ0v) is 26.7. The Bertz CT molecular complexity index is 2030. The number of aromatic hydroxyl groups is 1. The van der Waals surface area contributed by atoms with E-state index in [2.05, 4.69) is 0 Å². The molecule has 6 unspecified atom stereocenters. The second kappa shape index (κ2) is 11.2. The van der Waals surface area contributed by atoms with E-state index in [1.54, 1.807) is 60.7 Å². The number of rotatable bonds is 5. The number of fused-ring (bicyclic) bond motifs is 4. The number of anilines is 2. The summed E-state index contributed by atoms with van der Waals surface area (Å²) in [6.07, 6.45) is 2.41. The molecule has 4 aromatic rings. The summed E-state index contributed by atoms with van der Waals surface area (Å²) in [6.45, 7) is 0. The van der Waals surface area contributed by atoms with Crippen LogP contribution in [0.1, 0.15) is 29.9 Å². The minimum atomic E-state index is -1.50. The SMILES string of the molecule is COc1ccc(O)c(C2C3=CCC4C(=O)N(c5ccccc5)C(=O)C4C3CC3C(=O)N(c4cccc(Cl)c4)C(=O)C32c2ccccc2)c1. The van der Waals surface area contributed by atoms with Crippen LogP contribution in [-0.2, 0) is 24.6 Å². The molecular weight excluding hydrogens is 628 g/mol. The van der Waals surface area contributed by atoms with Crippen LogP contribution in [0, 0.1) is 23.7 Å². The molecule has 2 heterocycles. The molecule has 1 saturated carbocycles. The van der Waals surface area contributed by atoms with Crippen LogP contribution in [0.2, 0.25) is 5.02 Å². The summed E-state index contributed by atoms with van der Waals surface area (Å²) in [7, 11) is 1.52. The third-order valence-electron chi connectivity index (χ3n) is 10.7. The van der Waals surface area contributed by atoms with E-state index < -0.39 is 46.8 Å². The first-order valence-corrected chi connectivity index (χ1v) is 16.3. The molecule has 2 aliphatic carbocycles. The highest BCUT2D eigenvalue weighted by Gasteiger charge is 2.70. The van der Waals surface area contributed by atoms with Crippen molar-refractivity contribution in [2.75, 3.05) is 16.9 Å². The van der Waals surface area contributed by atoms with E-state index in [-0.39, 0.29) is 30.4 Å². The van der Waals surface area contributed by atoms with Gasteiger partial charge in [0.15, 0.2) is 0 Å². The average Bonchev–Trinajstić information content (AvgIpc) is 3.50. The summed E-state index contributed by atoms with van der Waals surface area (Å²) < 4.78 is 5.59. The molecule has 4 aromatic carbocycles. The van der Waals surface area contributed by atoms with Gasteiger partial charge in [-0.05, 0) is 72.9 Å². The van der Waals surface area contributed by atoms with Crippen molar-refractivity contribution < 1.29 is 29.0 Å². The van der Waals surface area contributed by atoms with Crippen LogP contribution in [0.15, 0.2) is 115 Å². The van der Waals surface area contributed by atoms with E-state index in [1.165, 1.54) is 23.0 Å². The maximum absolute atomic E-state index is 15.3. The number of amides is 4. The van der Waals surface area contributed by atoms with Crippen molar-refractivity contribution in [1.82, 2.24) is 0 Å². The highest BCUT2D eigenvalue weighted by Crippen LogP contribution is 2.65. The van der Waals surface area contributed by atoms with Crippen LogP contribution in [0.4, 0.5) is 11.4 Å². The molecule has 4 amide bonds. The molecule has 4 aliphatic rings. The summed E-state index contributed by atoms with van der Waals surface area (Å²) in [5.74, 6) is -4.79. The van der Waals surface area contributed by atoms with Gasteiger partial charge in [0, 0.05) is 16.5 Å². The fourth-order valence-corrected chi connectivity index (χ4v) is 9.00. The molecule has 0 aromatic heterocycles. The van der Waals surface area contributed by atoms with Gasteiger partial charge in [0.2, 0.25) is 23.6 Å². The Balaban J connectivity index is 1.38. The molecule has 8 nitrogen and oxygen atoms in total. The Kier molecular flexibility index (Phi) is 7.03. The van der Waals surface area contributed by atoms with Crippen LogP contribution < -0.4 is 14.5 Å². The van der Waals surface area contributed by atoms with Crippen molar-refractivity contribution >= 4 is 46.6 Å². The number of phenolic OH excluding ortho intramolecular Hbond substituents is 1. The lowest BCUT2D eigenvalue weighted by Gasteiger charge is -2.50. The Hall–Kier alpha value is -5.21. The Morgan fingerprint density at radius 3 is 2.19 bits per heavy atom. The summed E-state index contributed by atoms with van der Waals surface area (Å²) in [5, 5.41) is 11.9. The molecule has 1 N–H and O–H groups in total. The first-order valence-electron chi connectivity index (χ1n) is 16.0. The fraction of sp³-hybridized carbons (Fsp3) is 0.231. The van der Waals surface area contributed by atoms with Crippen molar-refractivity contribution in [1.29, 1.82) is 0 Å². The number of hydrogen-bond donors (Lipinski definition) is 1. The lowest BCUT2D eigenvalue weighted by Crippen LogP contribution is -2.53. The quantitative estimate of drug-likeness (QED) is 0.196. The van der Waals surface area contributed by atoms with Crippen LogP contribution in [0.3, 0.4) is 0 Å². The van der Waals surface area contributed by atoms with Gasteiger partial charge in [0.1, 0.15) is 11.5 Å². The number of nitrogens with zero attached hydrogens (tertiary/aromatic N) is 2. The first kappa shape index (κ1) is 30.1. The number of carbonyl (C=O) groups is 4. The largest absolute Gasteiger partial charge is 0.508 e. The highest BCUT2D eigenvalue weighted by atomic mass is 35.5. The van der Waals surface area contributed by atoms with E-state index in [0.717, 1.165) is 5.57 Å². The molecule has 0 spiro atoms. The number of benzene rings is 4.